The molecule has 1 unspecified atom stereocenters. The van der Waals surface area contributed by atoms with Crippen LogP contribution in [0, 0.1) is 13.8 Å². The number of hydrogen-bond acceptors (Lipinski definition) is 4. The van der Waals surface area contributed by atoms with Crippen molar-refractivity contribution in [2.24, 2.45) is 0 Å². The van der Waals surface area contributed by atoms with Crippen molar-refractivity contribution in [3.8, 4) is 0 Å². The molecular weight excluding hydrogens is 386 g/mol. The maximum Gasteiger partial charge on any atom is 0.307 e. The van der Waals surface area contributed by atoms with Gasteiger partial charge in [-0.05, 0) is 37.6 Å². The van der Waals surface area contributed by atoms with E-state index in [2.05, 4.69) is 26.3 Å². The van der Waals surface area contributed by atoms with Crippen molar-refractivity contribution in [1.29, 1.82) is 0 Å². The highest BCUT2D eigenvalue weighted by Gasteiger charge is 2.19. The number of carbonyl (C=O) groups is 2. The van der Waals surface area contributed by atoms with Crippen LogP contribution < -0.4 is 5.32 Å². The zero-order valence-corrected chi connectivity index (χ0v) is 16.2. The molecule has 1 amide bonds. The van der Waals surface area contributed by atoms with E-state index in [0.717, 1.165) is 21.4 Å². The smallest absolute Gasteiger partial charge is 0.307 e. The van der Waals surface area contributed by atoms with Gasteiger partial charge in [0.2, 0.25) is 5.91 Å². The molecule has 0 radical (unpaired) electrons. The first-order valence-electron chi connectivity index (χ1n) is 8.01. The molecule has 2 rings (SSSR count). The van der Waals surface area contributed by atoms with Gasteiger partial charge in [0.05, 0.1) is 25.3 Å². The summed E-state index contributed by atoms with van der Waals surface area (Å²) in [6.07, 6.45) is 0.367. The lowest BCUT2D eigenvalue weighted by atomic mass is 10.0. The number of aryl methyl sites for hydroxylation is 3. The van der Waals surface area contributed by atoms with Crippen LogP contribution in [-0.4, -0.2) is 28.8 Å². The molecule has 0 saturated heterocycles. The Kier molecular flexibility index (Phi) is 6.75. The highest BCUT2D eigenvalue weighted by atomic mass is 79.9. The van der Waals surface area contributed by atoms with E-state index in [9.17, 15) is 9.59 Å². The van der Waals surface area contributed by atoms with E-state index in [4.69, 9.17) is 4.74 Å². The molecule has 0 aliphatic heterocycles. The van der Waals surface area contributed by atoms with E-state index in [1.165, 1.54) is 7.11 Å². The van der Waals surface area contributed by atoms with Crippen LogP contribution in [0.3, 0.4) is 0 Å². The zero-order chi connectivity index (χ0) is 18.4. The van der Waals surface area contributed by atoms with Gasteiger partial charge in [-0.1, -0.05) is 28.1 Å². The van der Waals surface area contributed by atoms with Gasteiger partial charge in [-0.3, -0.25) is 14.3 Å². The molecule has 0 spiro atoms. The van der Waals surface area contributed by atoms with Crippen LogP contribution in [0.1, 0.15) is 35.8 Å². The molecule has 1 heterocycles. The van der Waals surface area contributed by atoms with Crippen LogP contribution >= 0.6 is 15.9 Å². The van der Waals surface area contributed by atoms with Crippen molar-refractivity contribution in [1.82, 2.24) is 15.1 Å². The minimum Gasteiger partial charge on any atom is -0.469 e. The Balaban J connectivity index is 2.03. The Bertz CT molecular complexity index is 758. The number of nitrogens with one attached hydrogen (secondary N) is 1. The number of halogens is 1. The number of methoxy groups -OCH3 is 1. The van der Waals surface area contributed by atoms with Gasteiger partial charge in [-0.2, -0.15) is 5.10 Å². The Labute approximate surface area is 155 Å². The maximum absolute atomic E-state index is 12.4. The van der Waals surface area contributed by atoms with Crippen LogP contribution in [0.5, 0.6) is 0 Å². The zero-order valence-electron chi connectivity index (χ0n) is 14.6. The van der Waals surface area contributed by atoms with E-state index in [0.29, 0.717) is 6.54 Å². The van der Waals surface area contributed by atoms with E-state index < -0.39 is 6.04 Å². The van der Waals surface area contributed by atoms with Crippen molar-refractivity contribution < 1.29 is 14.3 Å². The number of amides is 1. The van der Waals surface area contributed by atoms with E-state index >= 15 is 0 Å². The van der Waals surface area contributed by atoms with E-state index in [1.807, 2.05) is 48.9 Å². The topological polar surface area (TPSA) is 73.2 Å². The summed E-state index contributed by atoms with van der Waals surface area (Å²) in [4.78, 5) is 24.0. The monoisotopic (exact) mass is 407 g/mol. The van der Waals surface area contributed by atoms with Crippen LogP contribution in [0.25, 0.3) is 0 Å². The molecule has 0 saturated carbocycles. The Morgan fingerprint density at radius 2 is 2.08 bits per heavy atom. The fourth-order valence-corrected chi connectivity index (χ4v) is 3.02. The Hall–Kier alpha value is -2.15. The highest BCUT2D eigenvalue weighted by molar-refractivity contribution is 9.10. The maximum atomic E-state index is 12.4. The first-order chi connectivity index (χ1) is 11.9. The normalized spacial score (nSPS) is 11.8. The average Bonchev–Trinajstić information content (AvgIpc) is 2.89. The second-order valence-corrected chi connectivity index (χ2v) is 6.77. The van der Waals surface area contributed by atoms with Crippen molar-refractivity contribution in [2.45, 2.75) is 39.3 Å². The average molecular weight is 408 g/mol. The molecule has 134 valence electrons. The third kappa shape index (κ3) is 5.70. The standard InChI is InChI=1S/C18H22BrN3O3/c1-12-9-13(2)22(21-12)8-7-17(23)20-16(11-18(24)25-3)14-5-4-6-15(19)10-14/h4-6,9-10,16H,7-8,11H2,1-3H3,(H,20,23). The molecular formula is C18H22BrN3O3. The number of nitrogens with zero attached hydrogens (tertiary/aromatic N) is 2. The molecule has 7 heteroatoms. The third-order valence-corrected chi connectivity index (χ3v) is 4.33. The number of aromatic nitrogens is 2. The molecule has 1 aromatic heterocycles. The van der Waals surface area contributed by atoms with Gasteiger partial charge in [0.15, 0.2) is 0 Å². The summed E-state index contributed by atoms with van der Waals surface area (Å²) in [6, 6.07) is 9.06. The first-order valence-corrected chi connectivity index (χ1v) is 8.81. The van der Waals surface area contributed by atoms with Crippen molar-refractivity contribution >= 4 is 27.8 Å². The van der Waals surface area contributed by atoms with E-state index in [1.54, 1.807) is 0 Å². The number of ether oxygens (including phenoxy) is 1. The van der Waals surface area contributed by atoms with Gasteiger partial charge < -0.3 is 10.1 Å². The quantitative estimate of drug-likeness (QED) is 0.715. The third-order valence-electron chi connectivity index (χ3n) is 3.84. The summed E-state index contributed by atoms with van der Waals surface area (Å²) in [7, 11) is 1.34. The fraction of sp³-hybridized carbons (Fsp3) is 0.389. The largest absolute Gasteiger partial charge is 0.469 e. The molecule has 2 aromatic rings. The van der Waals surface area contributed by atoms with Crippen LogP contribution in [-0.2, 0) is 20.9 Å². The predicted molar refractivity (Wildman–Crippen MR) is 98.0 cm³/mol. The molecule has 1 N–H and O–H groups in total. The van der Waals surface area contributed by atoms with Gasteiger partial charge in [-0.15, -0.1) is 0 Å². The predicted octanol–water partition coefficient (Wildman–Crippen LogP) is 3.07. The number of carbonyl (C=O) groups excluding carboxylic acids is 2. The molecule has 0 fully saturated rings. The van der Waals surface area contributed by atoms with Gasteiger partial charge in [0.25, 0.3) is 0 Å². The SMILES string of the molecule is COC(=O)CC(NC(=O)CCn1nc(C)cc1C)c1cccc(Br)c1. The summed E-state index contributed by atoms with van der Waals surface area (Å²) in [6.45, 7) is 4.37. The van der Waals surface area contributed by atoms with Crippen LogP contribution in [0.4, 0.5) is 0 Å². The van der Waals surface area contributed by atoms with Gasteiger partial charge in [-0.25, -0.2) is 0 Å². The van der Waals surface area contributed by atoms with Crippen LogP contribution in [0.15, 0.2) is 34.8 Å². The molecule has 0 bridgehead atoms. The summed E-state index contributed by atoms with van der Waals surface area (Å²) >= 11 is 3.41. The fourth-order valence-electron chi connectivity index (χ4n) is 2.60. The number of benzene rings is 1. The van der Waals surface area contributed by atoms with Gasteiger partial charge in [0, 0.05) is 23.1 Å². The summed E-state index contributed by atoms with van der Waals surface area (Å²) in [5.74, 6) is -0.509. The molecule has 1 aromatic carbocycles. The molecule has 0 aliphatic rings. The number of esters is 1. The summed E-state index contributed by atoms with van der Waals surface area (Å²) < 4.78 is 7.44. The molecule has 0 aliphatic carbocycles. The number of rotatable bonds is 7. The van der Waals surface area contributed by atoms with Crippen molar-refractivity contribution in [3.05, 3.63) is 51.8 Å². The molecule has 25 heavy (non-hydrogen) atoms. The second kappa shape index (κ2) is 8.80. The highest BCUT2D eigenvalue weighted by Crippen LogP contribution is 2.21. The van der Waals surface area contributed by atoms with Gasteiger partial charge in [0.1, 0.15) is 0 Å². The summed E-state index contributed by atoms with van der Waals surface area (Å²) in [5.41, 5.74) is 2.79. The van der Waals surface area contributed by atoms with Gasteiger partial charge >= 0.3 is 5.97 Å². The minimum atomic E-state index is -0.432. The number of hydrogen-bond donors (Lipinski definition) is 1. The van der Waals surface area contributed by atoms with E-state index in [-0.39, 0.29) is 24.7 Å². The minimum absolute atomic E-state index is 0.0819. The lowest BCUT2D eigenvalue weighted by Crippen LogP contribution is -2.31. The second-order valence-electron chi connectivity index (χ2n) is 5.86. The first kappa shape index (κ1) is 19.2. The lowest BCUT2D eigenvalue weighted by molar-refractivity contribution is -0.141. The van der Waals surface area contributed by atoms with Crippen molar-refractivity contribution in [2.75, 3.05) is 7.11 Å². The lowest BCUT2D eigenvalue weighted by Gasteiger charge is -2.18. The molecule has 1 atom stereocenters. The summed E-state index contributed by atoms with van der Waals surface area (Å²) in [5, 5.41) is 7.27. The molecule has 6 nitrogen and oxygen atoms in total. The Morgan fingerprint density at radius 3 is 2.68 bits per heavy atom. The Morgan fingerprint density at radius 1 is 1.32 bits per heavy atom. The van der Waals surface area contributed by atoms with Crippen LogP contribution in [0.2, 0.25) is 0 Å². The van der Waals surface area contributed by atoms with Crippen molar-refractivity contribution in [3.63, 3.8) is 0 Å².